The largest absolute Gasteiger partial charge is 0.391 e. The van der Waals surface area contributed by atoms with Crippen LogP contribution in [0.1, 0.15) is 44.5 Å². The van der Waals surface area contributed by atoms with Crippen LogP contribution >= 0.6 is 0 Å². The minimum Gasteiger partial charge on any atom is -0.335 e. The predicted octanol–water partition coefficient (Wildman–Crippen LogP) is 1.59. The molecule has 0 radical (unpaired) electrons. The lowest BCUT2D eigenvalue weighted by molar-refractivity contribution is -0.183. The van der Waals surface area contributed by atoms with Crippen molar-refractivity contribution in [3.05, 3.63) is 16.3 Å². The van der Waals surface area contributed by atoms with Gasteiger partial charge in [-0.25, -0.2) is 14.7 Å². The summed E-state index contributed by atoms with van der Waals surface area (Å²) in [7, 11) is 1.51. The zero-order valence-electron chi connectivity index (χ0n) is 12.9. The lowest BCUT2D eigenvalue weighted by Crippen LogP contribution is -2.46. The minimum atomic E-state index is -4.22. The molecule has 0 bridgehead atoms. The molecule has 10 heteroatoms. The van der Waals surface area contributed by atoms with Crippen molar-refractivity contribution in [1.82, 2.24) is 25.4 Å². The van der Waals surface area contributed by atoms with Gasteiger partial charge in [0.05, 0.1) is 12.0 Å². The standard InChI is InChI=1S/C13H20F3N5O2/c1-7(10-19-20-12(23)21(10)2)17-11(22)18-9-5-3-4-8(6-9)13(14,15)16/h7-9H,3-6H2,1-2H3,(H,20,23)(H2,17,18,22)/t7-,8+,9+/m0/s1. The zero-order valence-corrected chi connectivity index (χ0v) is 12.9. The molecule has 2 amide bonds. The number of aromatic amines is 1. The van der Waals surface area contributed by atoms with Crippen molar-refractivity contribution < 1.29 is 18.0 Å². The van der Waals surface area contributed by atoms with Gasteiger partial charge in [-0.2, -0.15) is 18.3 Å². The lowest BCUT2D eigenvalue weighted by Gasteiger charge is -2.31. The molecule has 7 nitrogen and oxygen atoms in total. The molecule has 0 unspecified atom stereocenters. The van der Waals surface area contributed by atoms with Crippen LogP contribution in [0.5, 0.6) is 0 Å². The van der Waals surface area contributed by atoms with Gasteiger partial charge in [0.2, 0.25) is 0 Å². The van der Waals surface area contributed by atoms with Gasteiger partial charge < -0.3 is 10.6 Å². The molecule has 1 aromatic heterocycles. The SMILES string of the molecule is C[C@H](NC(=O)N[C@@H]1CCC[C@@H](C(F)(F)F)C1)c1n[nH]c(=O)n1C. The molecule has 1 fully saturated rings. The van der Waals surface area contributed by atoms with Crippen LogP contribution in [-0.2, 0) is 7.05 Å². The first kappa shape index (κ1) is 17.4. The van der Waals surface area contributed by atoms with Crippen LogP contribution < -0.4 is 16.3 Å². The Labute approximate surface area is 130 Å². The third-order valence-electron chi connectivity index (χ3n) is 4.12. The van der Waals surface area contributed by atoms with Gasteiger partial charge in [-0.05, 0) is 26.2 Å². The Balaban J connectivity index is 1.89. The van der Waals surface area contributed by atoms with Gasteiger partial charge >= 0.3 is 17.9 Å². The maximum Gasteiger partial charge on any atom is 0.391 e. The molecule has 1 heterocycles. The Morgan fingerprint density at radius 2 is 2.13 bits per heavy atom. The Morgan fingerprint density at radius 3 is 2.70 bits per heavy atom. The summed E-state index contributed by atoms with van der Waals surface area (Å²) in [6.07, 6.45) is -3.27. The molecule has 0 saturated heterocycles. The number of rotatable bonds is 3. The summed E-state index contributed by atoms with van der Waals surface area (Å²) in [4.78, 5) is 23.2. The van der Waals surface area contributed by atoms with Crippen molar-refractivity contribution in [3.63, 3.8) is 0 Å². The second-order valence-corrected chi connectivity index (χ2v) is 5.89. The van der Waals surface area contributed by atoms with E-state index in [0.717, 1.165) is 0 Å². The van der Waals surface area contributed by atoms with E-state index in [2.05, 4.69) is 20.8 Å². The van der Waals surface area contributed by atoms with Gasteiger partial charge in [0.1, 0.15) is 0 Å². The summed E-state index contributed by atoms with van der Waals surface area (Å²) in [5, 5.41) is 11.2. The molecular formula is C13H20F3N5O2. The number of amides is 2. The normalized spacial score (nSPS) is 23.3. The third kappa shape index (κ3) is 4.26. The first-order valence-electron chi connectivity index (χ1n) is 7.43. The number of hydrogen-bond donors (Lipinski definition) is 3. The van der Waals surface area contributed by atoms with Crippen LogP contribution in [0.4, 0.5) is 18.0 Å². The summed E-state index contributed by atoms with van der Waals surface area (Å²) in [5.74, 6) is -1.03. The second kappa shape index (κ2) is 6.63. The highest BCUT2D eigenvalue weighted by Gasteiger charge is 2.42. The highest BCUT2D eigenvalue weighted by Crippen LogP contribution is 2.37. The molecule has 0 aromatic carbocycles. The summed E-state index contributed by atoms with van der Waals surface area (Å²) in [6, 6.07) is -1.63. The number of aromatic nitrogens is 3. The van der Waals surface area contributed by atoms with Crippen molar-refractivity contribution in [2.75, 3.05) is 0 Å². The predicted molar refractivity (Wildman–Crippen MR) is 75.7 cm³/mol. The first-order valence-corrected chi connectivity index (χ1v) is 7.43. The zero-order chi connectivity index (χ0) is 17.2. The van der Waals surface area contributed by atoms with Crippen LogP contribution in [-0.4, -0.2) is 33.0 Å². The Hall–Kier alpha value is -2.00. The molecule has 3 N–H and O–H groups in total. The average molecular weight is 335 g/mol. The van der Waals surface area contributed by atoms with Gasteiger partial charge in [0.15, 0.2) is 5.82 Å². The van der Waals surface area contributed by atoms with E-state index < -0.39 is 35.9 Å². The van der Waals surface area contributed by atoms with E-state index in [4.69, 9.17) is 0 Å². The van der Waals surface area contributed by atoms with Crippen LogP contribution in [0, 0.1) is 5.92 Å². The van der Waals surface area contributed by atoms with E-state index in [9.17, 15) is 22.8 Å². The van der Waals surface area contributed by atoms with Crippen LogP contribution in [0.2, 0.25) is 0 Å². The maximum absolute atomic E-state index is 12.8. The fourth-order valence-electron chi connectivity index (χ4n) is 2.85. The van der Waals surface area contributed by atoms with E-state index in [1.165, 1.54) is 11.6 Å². The number of hydrogen-bond acceptors (Lipinski definition) is 3. The molecule has 23 heavy (non-hydrogen) atoms. The number of alkyl halides is 3. The van der Waals surface area contributed by atoms with Gasteiger partial charge in [-0.15, -0.1) is 0 Å². The minimum absolute atomic E-state index is 0.105. The highest BCUT2D eigenvalue weighted by atomic mass is 19.4. The lowest BCUT2D eigenvalue weighted by atomic mass is 9.85. The van der Waals surface area contributed by atoms with Crippen molar-refractivity contribution in [2.24, 2.45) is 13.0 Å². The van der Waals surface area contributed by atoms with Gasteiger partial charge in [-0.3, -0.25) is 4.57 Å². The van der Waals surface area contributed by atoms with Crippen molar-refractivity contribution in [1.29, 1.82) is 0 Å². The highest BCUT2D eigenvalue weighted by molar-refractivity contribution is 5.74. The van der Waals surface area contributed by atoms with Crippen LogP contribution in [0.3, 0.4) is 0 Å². The van der Waals surface area contributed by atoms with Crippen LogP contribution in [0.15, 0.2) is 4.79 Å². The average Bonchev–Trinajstić information content (AvgIpc) is 2.78. The monoisotopic (exact) mass is 335 g/mol. The molecule has 2 rings (SSSR count). The Kier molecular flexibility index (Phi) is 5.00. The molecule has 1 saturated carbocycles. The number of halogens is 3. The van der Waals surface area contributed by atoms with E-state index in [1.807, 2.05) is 0 Å². The molecule has 1 aliphatic rings. The Morgan fingerprint density at radius 1 is 1.43 bits per heavy atom. The number of urea groups is 1. The van der Waals surface area contributed by atoms with Crippen LogP contribution in [0.25, 0.3) is 0 Å². The number of carbonyl (C=O) groups is 1. The van der Waals surface area contributed by atoms with Crippen molar-refractivity contribution in [2.45, 2.75) is 50.9 Å². The smallest absolute Gasteiger partial charge is 0.335 e. The molecule has 3 atom stereocenters. The molecule has 130 valence electrons. The van der Waals surface area contributed by atoms with E-state index in [-0.39, 0.29) is 12.8 Å². The van der Waals surface area contributed by atoms with E-state index >= 15 is 0 Å². The molecular weight excluding hydrogens is 315 g/mol. The Bertz CT molecular complexity index is 609. The van der Waals surface area contributed by atoms with Gasteiger partial charge in [0.25, 0.3) is 0 Å². The molecule has 1 aliphatic carbocycles. The molecule has 1 aromatic rings. The summed E-state index contributed by atoms with van der Waals surface area (Å²) in [5.41, 5.74) is -0.408. The third-order valence-corrected chi connectivity index (χ3v) is 4.12. The molecule has 0 aliphatic heterocycles. The summed E-state index contributed by atoms with van der Waals surface area (Å²) in [6.45, 7) is 1.63. The molecule has 0 spiro atoms. The summed E-state index contributed by atoms with van der Waals surface area (Å²) >= 11 is 0. The van der Waals surface area contributed by atoms with Gasteiger partial charge in [0, 0.05) is 13.1 Å². The van der Waals surface area contributed by atoms with E-state index in [1.54, 1.807) is 6.92 Å². The van der Waals surface area contributed by atoms with Gasteiger partial charge in [-0.1, -0.05) is 6.42 Å². The van der Waals surface area contributed by atoms with Crippen molar-refractivity contribution >= 4 is 6.03 Å². The number of H-pyrrole nitrogens is 1. The van der Waals surface area contributed by atoms with E-state index in [0.29, 0.717) is 18.7 Å². The quantitative estimate of drug-likeness (QED) is 0.783. The number of nitrogens with zero attached hydrogens (tertiary/aromatic N) is 2. The number of carbonyl (C=O) groups excluding carboxylic acids is 1. The maximum atomic E-state index is 12.8. The second-order valence-electron chi connectivity index (χ2n) is 5.89. The topological polar surface area (TPSA) is 91.8 Å². The number of nitrogens with one attached hydrogen (secondary N) is 3. The fourth-order valence-corrected chi connectivity index (χ4v) is 2.85. The summed E-state index contributed by atoms with van der Waals surface area (Å²) < 4.78 is 39.5. The van der Waals surface area contributed by atoms with Crippen molar-refractivity contribution in [3.8, 4) is 0 Å². The fraction of sp³-hybridized carbons (Fsp3) is 0.769. The first-order chi connectivity index (χ1) is 10.7.